The van der Waals surface area contributed by atoms with E-state index in [2.05, 4.69) is 15.2 Å². The highest BCUT2D eigenvalue weighted by Gasteiger charge is 2.48. The Hall–Kier alpha value is -2.79. The molecule has 0 bridgehead atoms. The lowest BCUT2D eigenvalue weighted by atomic mass is 9.93. The van der Waals surface area contributed by atoms with Gasteiger partial charge in [0.25, 0.3) is 5.91 Å². The van der Waals surface area contributed by atoms with E-state index >= 15 is 0 Å². The van der Waals surface area contributed by atoms with Gasteiger partial charge in [0.05, 0.1) is 18.9 Å². The summed E-state index contributed by atoms with van der Waals surface area (Å²) in [5.74, 6) is 0.309. The Morgan fingerprint density at radius 3 is 2.50 bits per heavy atom. The van der Waals surface area contributed by atoms with Gasteiger partial charge in [-0.25, -0.2) is 14.7 Å². The van der Waals surface area contributed by atoms with Gasteiger partial charge < -0.3 is 15.0 Å². The molecule has 1 unspecified atom stereocenters. The molecule has 2 aliphatic heterocycles. The second-order valence-electron chi connectivity index (χ2n) is 7.74. The van der Waals surface area contributed by atoms with E-state index in [4.69, 9.17) is 4.74 Å². The monoisotopic (exact) mass is 466 g/mol. The summed E-state index contributed by atoms with van der Waals surface area (Å²) in [5, 5.41) is 2.73. The number of carbonyl (C=O) groups excluding carboxylic acids is 2. The molecule has 2 aliphatic rings. The van der Waals surface area contributed by atoms with Crippen molar-refractivity contribution < 1.29 is 27.5 Å². The highest BCUT2D eigenvalue weighted by atomic mass is 32.2. The molecule has 1 atom stereocenters. The lowest BCUT2D eigenvalue weighted by Crippen LogP contribution is -2.46. The number of halogens is 3. The number of amides is 3. The lowest BCUT2D eigenvalue weighted by Gasteiger charge is -2.28. The van der Waals surface area contributed by atoms with Crippen molar-refractivity contribution >= 4 is 35.2 Å². The van der Waals surface area contributed by atoms with E-state index in [0.717, 1.165) is 29.4 Å². The van der Waals surface area contributed by atoms with Gasteiger partial charge >= 0.3 is 11.5 Å². The van der Waals surface area contributed by atoms with E-state index in [1.807, 2.05) is 6.07 Å². The zero-order valence-electron chi connectivity index (χ0n) is 17.2. The van der Waals surface area contributed by atoms with Gasteiger partial charge in [0.2, 0.25) is 0 Å². The summed E-state index contributed by atoms with van der Waals surface area (Å²) in [6, 6.07) is 8.21. The minimum absolute atomic E-state index is 0.0245. The molecular formula is C21H21F3N4O3S. The molecule has 0 spiro atoms. The van der Waals surface area contributed by atoms with Crippen molar-refractivity contribution in [2.45, 2.75) is 29.3 Å². The molecule has 32 heavy (non-hydrogen) atoms. The second kappa shape index (κ2) is 8.62. The Balaban J connectivity index is 1.50. The molecular weight excluding hydrogens is 445 g/mol. The third kappa shape index (κ3) is 4.83. The summed E-state index contributed by atoms with van der Waals surface area (Å²) in [6.07, 6.45) is 1.91. The fourth-order valence-corrected chi connectivity index (χ4v) is 4.32. The number of nitrogens with one attached hydrogen (secondary N) is 1. The van der Waals surface area contributed by atoms with Crippen LogP contribution in [-0.4, -0.2) is 54.3 Å². The number of carbonyl (C=O) groups is 2. The van der Waals surface area contributed by atoms with Gasteiger partial charge in [-0.15, -0.1) is 0 Å². The summed E-state index contributed by atoms with van der Waals surface area (Å²) >= 11 is -0.254. The summed E-state index contributed by atoms with van der Waals surface area (Å²) in [6.45, 7) is 4.32. The van der Waals surface area contributed by atoms with Crippen LogP contribution in [-0.2, 0) is 16.0 Å². The van der Waals surface area contributed by atoms with Crippen LogP contribution in [0.25, 0.3) is 0 Å². The van der Waals surface area contributed by atoms with Gasteiger partial charge in [-0.3, -0.25) is 4.79 Å². The number of nitrogens with zero attached hydrogens (tertiary/aromatic N) is 3. The molecule has 3 heterocycles. The van der Waals surface area contributed by atoms with Crippen LogP contribution in [0.2, 0.25) is 0 Å². The maximum Gasteiger partial charge on any atom is 0.446 e. The predicted molar refractivity (Wildman–Crippen MR) is 114 cm³/mol. The first-order valence-electron chi connectivity index (χ1n) is 9.95. The first kappa shape index (κ1) is 22.4. The fraction of sp³-hybridized carbons (Fsp3) is 0.381. The minimum atomic E-state index is -4.41. The molecule has 2 fully saturated rings. The number of urea groups is 1. The molecule has 11 heteroatoms. The number of ether oxygens (including phenoxy) is 1. The highest BCUT2D eigenvalue weighted by molar-refractivity contribution is 8.00. The molecule has 1 aromatic heterocycles. The standard InChI is InChI=1S/C21H21F3N4O3S/c1-20(13-14-6-7-25-17(12-14)27-8-10-31-11-9-27)18(29)28(19(30)26-20)15-2-4-16(5-3-15)32-21(22,23)24/h2-7,12H,8-11,13H2,1H3,(H,26,30). The number of imide groups is 1. The van der Waals surface area contributed by atoms with Crippen LogP contribution in [0.1, 0.15) is 12.5 Å². The average Bonchev–Trinajstić information content (AvgIpc) is 2.96. The normalized spacial score (nSPS) is 21.8. The third-order valence-electron chi connectivity index (χ3n) is 5.29. The van der Waals surface area contributed by atoms with Crippen LogP contribution in [0, 0.1) is 0 Å². The van der Waals surface area contributed by atoms with E-state index in [9.17, 15) is 22.8 Å². The zero-order valence-corrected chi connectivity index (χ0v) is 18.0. The van der Waals surface area contributed by atoms with Crippen molar-refractivity contribution in [3.8, 4) is 0 Å². The summed E-state index contributed by atoms with van der Waals surface area (Å²) < 4.78 is 43.0. The highest BCUT2D eigenvalue weighted by Crippen LogP contribution is 2.38. The van der Waals surface area contributed by atoms with Crippen LogP contribution >= 0.6 is 11.8 Å². The van der Waals surface area contributed by atoms with Crippen molar-refractivity contribution in [3.05, 3.63) is 48.2 Å². The van der Waals surface area contributed by atoms with Crippen LogP contribution in [0.4, 0.5) is 29.5 Å². The number of hydrogen-bond acceptors (Lipinski definition) is 6. The summed E-state index contributed by atoms with van der Waals surface area (Å²) in [4.78, 5) is 33.2. The maximum atomic E-state index is 13.2. The van der Waals surface area contributed by atoms with Gasteiger partial charge in [-0.05, 0) is 60.6 Å². The van der Waals surface area contributed by atoms with Crippen LogP contribution < -0.4 is 15.1 Å². The lowest BCUT2D eigenvalue weighted by molar-refractivity contribution is -0.121. The Bertz CT molecular complexity index is 1010. The van der Waals surface area contributed by atoms with Crippen molar-refractivity contribution in [1.82, 2.24) is 10.3 Å². The van der Waals surface area contributed by atoms with Crippen molar-refractivity contribution in [3.63, 3.8) is 0 Å². The summed E-state index contributed by atoms with van der Waals surface area (Å²) in [7, 11) is 0. The zero-order chi connectivity index (χ0) is 22.9. The molecule has 4 rings (SSSR count). The molecule has 1 aromatic carbocycles. The number of pyridine rings is 1. The van der Waals surface area contributed by atoms with Crippen molar-refractivity contribution in [1.29, 1.82) is 0 Å². The Labute approximate surface area is 186 Å². The van der Waals surface area contributed by atoms with Gasteiger partial charge in [-0.2, -0.15) is 13.2 Å². The number of rotatable bonds is 5. The van der Waals surface area contributed by atoms with E-state index in [0.29, 0.717) is 13.2 Å². The Morgan fingerprint density at radius 1 is 1.16 bits per heavy atom. The Kier molecular flexibility index (Phi) is 6.04. The van der Waals surface area contributed by atoms with Gasteiger partial charge in [0.15, 0.2) is 0 Å². The van der Waals surface area contributed by atoms with Crippen LogP contribution in [0.15, 0.2) is 47.5 Å². The molecule has 3 amide bonds. The largest absolute Gasteiger partial charge is 0.446 e. The van der Waals surface area contributed by atoms with E-state index < -0.39 is 23.0 Å². The third-order valence-corrected chi connectivity index (χ3v) is 6.03. The predicted octanol–water partition coefficient (Wildman–Crippen LogP) is 3.59. The SMILES string of the molecule is CC1(Cc2ccnc(N3CCOCC3)c2)NC(=O)N(c2ccc(SC(F)(F)F)cc2)C1=O. The molecule has 0 radical (unpaired) electrons. The van der Waals surface area contributed by atoms with Crippen molar-refractivity contribution in [2.24, 2.45) is 0 Å². The average molecular weight is 466 g/mol. The number of anilines is 2. The Morgan fingerprint density at radius 2 is 1.84 bits per heavy atom. The van der Waals surface area contributed by atoms with Crippen molar-refractivity contribution in [2.75, 3.05) is 36.1 Å². The van der Waals surface area contributed by atoms with Gasteiger partial charge in [-0.1, -0.05) is 0 Å². The molecule has 0 aliphatic carbocycles. The molecule has 2 aromatic rings. The van der Waals surface area contributed by atoms with Gasteiger partial charge in [0, 0.05) is 30.6 Å². The molecule has 170 valence electrons. The smallest absolute Gasteiger partial charge is 0.378 e. The maximum absolute atomic E-state index is 13.2. The number of aromatic nitrogens is 1. The molecule has 0 saturated carbocycles. The second-order valence-corrected chi connectivity index (χ2v) is 8.88. The number of benzene rings is 1. The number of hydrogen-bond donors (Lipinski definition) is 1. The number of thioether (sulfide) groups is 1. The fourth-order valence-electron chi connectivity index (χ4n) is 3.78. The molecule has 2 saturated heterocycles. The van der Waals surface area contributed by atoms with Crippen LogP contribution in [0.5, 0.6) is 0 Å². The quantitative estimate of drug-likeness (QED) is 0.536. The first-order valence-corrected chi connectivity index (χ1v) is 10.8. The molecule has 1 N–H and O–H groups in total. The molecule has 7 nitrogen and oxygen atoms in total. The van der Waals surface area contributed by atoms with E-state index in [1.165, 1.54) is 24.3 Å². The van der Waals surface area contributed by atoms with E-state index in [-0.39, 0.29) is 28.8 Å². The number of morpholine rings is 1. The minimum Gasteiger partial charge on any atom is -0.378 e. The number of alkyl halides is 3. The topological polar surface area (TPSA) is 74.8 Å². The first-order chi connectivity index (χ1) is 15.1. The van der Waals surface area contributed by atoms with E-state index in [1.54, 1.807) is 19.2 Å². The van der Waals surface area contributed by atoms with Crippen LogP contribution in [0.3, 0.4) is 0 Å². The summed E-state index contributed by atoms with van der Waals surface area (Å²) in [5.41, 5.74) is -4.56. The van der Waals surface area contributed by atoms with Gasteiger partial charge in [0.1, 0.15) is 11.4 Å².